The van der Waals surface area contributed by atoms with E-state index in [4.69, 9.17) is 11.6 Å². The first kappa shape index (κ1) is 18.9. The SMILES string of the molecule is Cc1cccc(NC(=O)c2ccc(Cl)c(S(=O)(=O)Nc3ccccc3)c2)c1. The molecule has 0 aromatic heterocycles. The first-order chi connectivity index (χ1) is 12.8. The molecule has 0 aliphatic heterocycles. The van der Waals surface area contributed by atoms with E-state index in [9.17, 15) is 13.2 Å². The second kappa shape index (κ2) is 7.82. The molecular weight excluding hydrogens is 384 g/mol. The van der Waals surface area contributed by atoms with Gasteiger partial charge < -0.3 is 5.32 Å². The molecule has 0 atom stereocenters. The summed E-state index contributed by atoms with van der Waals surface area (Å²) in [5, 5.41) is 2.78. The fourth-order valence-electron chi connectivity index (χ4n) is 2.49. The van der Waals surface area contributed by atoms with Gasteiger partial charge in [-0.1, -0.05) is 41.9 Å². The number of anilines is 2. The highest BCUT2D eigenvalue weighted by molar-refractivity contribution is 7.92. The summed E-state index contributed by atoms with van der Waals surface area (Å²) < 4.78 is 27.8. The molecule has 0 fully saturated rings. The summed E-state index contributed by atoms with van der Waals surface area (Å²) in [4.78, 5) is 12.3. The third kappa shape index (κ3) is 4.67. The Morgan fingerprint density at radius 2 is 1.59 bits per heavy atom. The lowest BCUT2D eigenvalue weighted by atomic mass is 10.2. The minimum atomic E-state index is -3.94. The summed E-state index contributed by atoms with van der Waals surface area (Å²) in [5.41, 5.74) is 2.22. The van der Waals surface area contributed by atoms with Gasteiger partial charge in [0, 0.05) is 16.9 Å². The van der Waals surface area contributed by atoms with Crippen LogP contribution >= 0.6 is 11.6 Å². The molecule has 0 saturated carbocycles. The predicted molar refractivity (Wildman–Crippen MR) is 108 cm³/mol. The molecule has 0 unspecified atom stereocenters. The van der Waals surface area contributed by atoms with Crippen molar-refractivity contribution in [1.29, 1.82) is 0 Å². The van der Waals surface area contributed by atoms with Crippen LogP contribution in [0.5, 0.6) is 0 Å². The lowest BCUT2D eigenvalue weighted by Crippen LogP contribution is -2.16. The molecule has 0 radical (unpaired) electrons. The Labute approximate surface area is 163 Å². The summed E-state index contributed by atoms with van der Waals surface area (Å²) in [6, 6.07) is 19.9. The molecule has 2 N–H and O–H groups in total. The standard InChI is InChI=1S/C20H17ClN2O3S/c1-14-6-5-9-17(12-14)22-20(24)15-10-11-18(21)19(13-15)27(25,26)23-16-7-3-2-4-8-16/h2-13,23H,1H3,(H,22,24). The Morgan fingerprint density at radius 1 is 0.889 bits per heavy atom. The van der Waals surface area contributed by atoms with Crippen molar-refractivity contribution in [3.63, 3.8) is 0 Å². The molecule has 3 rings (SSSR count). The Kier molecular flexibility index (Phi) is 5.48. The smallest absolute Gasteiger partial charge is 0.263 e. The molecule has 0 saturated heterocycles. The third-order valence-electron chi connectivity index (χ3n) is 3.78. The Bertz CT molecular complexity index is 1080. The monoisotopic (exact) mass is 400 g/mol. The van der Waals surface area contributed by atoms with E-state index >= 15 is 0 Å². The van der Waals surface area contributed by atoms with Gasteiger partial charge in [0.1, 0.15) is 4.90 Å². The number of hydrogen-bond acceptors (Lipinski definition) is 3. The number of para-hydroxylation sites is 1. The number of amides is 1. The molecule has 7 heteroatoms. The third-order valence-corrected chi connectivity index (χ3v) is 5.65. The van der Waals surface area contributed by atoms with Crippen LogP contribution in [0.25, 0.3) is 0 Å². The number of benzene rings is 3. The summed E-state index contributed by atoms with van der Waals surface area (Å²) in [6.45, 7) is 1.91. The number of sulfonamides is 1. The van der Waals surface area contributed by atoms with Crippen LogP contribution in [0.1, 0.15) is 15.9 Å². The van der Waals surface area contributed by atoms with Crippen LogP contribution in [-0.2, 0) is 10.0 Å². The van der Waals surface area contributed by atoms with E-state index in [-0.39, 0.29) is 15.5 Å². The zero-order valence-corrected chi connectivity index (χ0v) is 16.0. The summed E-state index contributed by atoms with van der Waals surface area (Å²) in [7, 11) is -3.94. The second-order valence-electron chi connectivity index (χ2n) is 5.94. The van der Waals surface area contributed by atoms with Crippen LogP contribution in [0.15, 0.2) is 77.7 Å². The van der Waals surface area contributed by atoms with Crippen LogP contribution in [-0.4, -0.2) is 14.3 Å². The van der Waals surface area contributed by atoms with E-state index in [0.717, 1.165) is 5.56 Å². The van der Waals surface area contributed by atoms with Gasteiger partial charge in [0.05, 0.1) is 5.02 Å². The van der Waals surface area contributed by atoms with E-state index < -0.39 is 15.9 Å². The summed E-state index contributed by atoms with van der Waals surface area (Å²) in [5.74, 6) is -0.423. The Hall–Kier alpha value is -2.83. The van der Waals surface area contributed by atoms with Crippen molar-refractivity contribution in [2.45, 2.75) is 11.8 Å². The number of halogens is 1. The molecule has 1 amide bonds. The average Bonchev–Trinajstić information content (AvgIpc) is 2.62. The van der Waals surface area contributed by atoms with Gasteiger partial charge in [-0.15, -0.1) is 0 Å². The van der Waals surface area contributed by atoms with E-state index in [1.54, 1.807) is 36.4 Å². The molecule has 5 nitrogen and oxygen atoms in total. The minimum absolute atomic E-state index is 0.0329. The number of carbonyl (C=O) groups excluding carboxylic acids is 1. The molecule has 27 heavy (non-hydrogen) atoms. The van der Waals surface area contributed by atoms with Crippen molar-refractivity contribution in [3.05, 3.63) is 88.9 Å². The first-order valence-electron chi connectivity index (χ1n) is 8.10. The van der Waals surface area contributed by atoms with E-state index in [1.165, 1.54) is 18.2 Å². The van der Waals surface area contributed by atoms with Crippen molar-refractivity contribution in [1.82, 2.24) is 0 Å². The van der Waals surface area contributed by atoms with Crippen molar-refractivity contribution in [2.24, 2.45) is 0 Å². The van der Waals surface area contributed by atoms with Crippen molar-refractivity contribution in [3.8, 4) is 0 Å². The fraction of sp³-hybridized carbons (Fsp3) is 0.0500. The molecule has 3 aromatic rings. The van der Waals surface area contributed by atoms with Gasteiger partial charge in [-0.25, -0.2) is 8.42 Å². The van der Waals surface area contributed by atoms with E-state index in [2.05, 4.69) is 10.0 Å². The molecule has 0 spiro atoms. The topological polar surface area (TPSA) is 75.3 Å². The zero-order valence-electron chi connectivity index (χ0n) is 14.4. The van der Waals surface area contributed by atoms with Crippen LogP contribution in [0.2, 0.25) is 5.02 Å². The highest BCUT2D eigenvalue weighted by Crippen LogP contribution is 2.25. The van der Waals surface area contributed by atoms with Crippen LogP contribution < -0.4 is 10.0 Å². The predicted octanol–water partition coefficient (Wildman–Crippen LogP) is 4.70. The fourth-order valence-corrected chi connectivity index (χ4v) is 4.08. The van der Waals surface area contributed by atoms with Crippen LogP contribution in [0, 0.1) is 6.92 Å². The molecule has 0 bridgehead atoms. The number of aryl methyl sites for hydroxylation is 1. The first-order valence-corrected chi connectivity index (χ1v) is 9.97. The molecule has 0 heterocycles. The number of hydrogen-bond donors (Lipinski definition) is 2. The Morgan fingerprint density at radius 3 is 2.30 bits per heavy atom. The molecule has 3 aromatic carbocycles. The van der Waals surface area contributed by atoms with Gasteiger partial charge in [-0.3, -0.25) is 9.52 Å². The largest absolute Gasteiger partial charge is 0.322 e. The van der Waals surface area contributed by atoms with E-state index in [0.29, 0.717) is 11.4 Å². The molecule has 0 aliphatic rings. The maximum absolute atomic E-state index is 12.7. The molecule has 138 valence electrons. The van der Waals surface area contributed by atoms with Gasteiger partial charge >= 0.3 is 0 Å². The Balaban J connectivity index is 1.88. The number of rotatable bonds is 5. The number of nitrogens with one attached hydrogen (secondary N) is 2. The number of carbonyl (C=O) groups is 1. The highest BCUT2D eigenvalue weighted by atomic mass is 35.5. The van der Waals surface area contributed by atoms with Crippen LogP contribution in [0.4, 0.5) is 11.4 Å². The van der Waals surface area contributed by atoms with Crippen molar-refractivity contribution in [2.75, 3.05) is 10.0 Å². The quantitative estimate of drug-likeness (QED) is 0.651. The maximum atomic E-state index is 12.7. The van der Waals surface area contributed by atoms with Gasteiger partial charge in [-0.05, 0) is 55.0 Å². The lowest BCUT2D eigenvalue weighted by molar-refractivity contribution is 0.102. The van der Waals surface area contributed by atoms with Crippen molar-refractivity contribution >= 4 is 38.9 Å². The lowest BCUT2D eigenvalue weighted by Gasteiger charge is -2.11. The summed E-state index contributed by atoms with van der Waals surface area (Å²) >= 11 is 6.08. The van der Waals surface area contributed by atoms with Crippen molar-refractivity contribution < 1.29 is 13.2 Å². The normalized spacial score (nSPS) is 11.0. The van der Waals surface area contributed by atoms with E-state index in [1.807, 2.05) is 25.1 Å². The maximum Gasteiger partial charge on any atom is 0.263 e. The molecular formula is C20H17ClN2O3S. The van der Waals surface area contributed by atoms with Gasteiger partial charge in [0.15, 0.2) is 0 Å². The summed E-state index contributed by atoms with van der Waals surface area (Å²) in [6.07, 6.45) is 0. The van der Waals surface area contributed by atoms with Crippen LogP contribution in [0.3, 0.4) is 0 Å². The zero-order chi connectivity index (χ0) is 19.4. The van der Waals surface area contributed by atoms with Gasteiger partial charge in [-0.2, -0.15) is 0 Å². The highest BCUT2D eigenvalue weighted by Gasteiger charge is 2.20. The second-order valence-corrected chi connectivity index (χ2v) is 8.00. The molecule has 0 aliphatic carbocycles. The average molecular weight is 401 g/mol. The van der Waals surface area contributed by atoms with Gasteiger partial charge in [0.25, 0.3) is 15.9 Å². The van der Waals surface area contributed by atoms with Gasteiger partial charge in [0.2, 0.25) is 0 Å². The minimum Gasteiger partial charge on any atom is -0.322 e.